The van der Waals surface area contributed by atoms with Crippen LogP contribution in [0.4, 0.5) is 20.2 Å². The van der Waals surface area contributed by atoms with Crippen LogP contribution in [0.1, 0.15) is 13.8 Å². The third-order valence-corrected chi connectivity index (χ3v) is 2.85. The van der Waals surface area contributed by atoms with Crippen LogP contribution >= 0.6 is 0 Å². The van der Waals surface area contributed by atoms with E-state index < -0.39 is 22.2 Å². The summed E-state index contributed by atoms with van der Waals surface area (Å²) in [5.41, 5.74) is -0.851. The summed E-state index contributed by atoms with van der Waals surface area (Å²) in [5, 5.41) is 13.5. The molecule has 5 nitrogen and oxygen atoms in total. The first-order valence-electron chi connectivity index (χ1n) is 6.09. The molecule has 106 valence electrons. The number of hydrogen-bond acceptors (Lipinski definition) is 4. The molecule has 0 heterocycles. The predicted octanol–water partition coefficient (Wildman–Crippen LogP) is 2.63. The lowest BCUT2D eigenvalue weighted by Gasteiger charge is -2.18. The first-order chi connectivity index (χ1) is 8.99. The van der Waals surface area contributed by atoms with E-state index in [-0.39, 0.29) is 5.69 Å². The second kappa shape index (κ2) is 6.98. The Bertz CT molecular complexity index is 451. The van der Waals surface area contributed by atoms with Gasteiger partial charge in [0.2, 0.25) is 5.82 Å². The maximum absolute atomic E-state index is 13.3. The van der Waals surface area contributed by atoms with Crippen molar-refractivity contribution in [2.75, 3.05) is 31.5 Å². The summed E-state index contributed by atoms with van der Waals surface area (Å²) in [6, 6.07) is 1.44. The van der Waals surface area contributed by atoms with E-state index in [0.717, 1.165) is 19.2 Å². The topological polar surface area (TPSA) is 58.4 Å². The molecule has 1 aromatic rings. The molecule has 0 aromatic heterocycles. The Balaban J connectivity index is 2.80. The number of nitrogens with one attached hydrogen (secondary N) is 1. The largest absolute Gasteiger partial charge is 0.378 e. The molecule has 1 N–H and O–H groups in total. The van der Waals surface area contributed by atoms with E-state index in [2.05, 4.69) is 10.2 Å². The lowest BCUT2D eigenvalue weighted by molar-refractivity contribution is -0.386. The Labute approximate surface area is 110 Å². The van der Waals surface area contributed by atoms with Crippen molar-refractivity contribution in [3.05, 3.63) is 33.9 Å². The average Bonchev–Trinajstić information content (AvgIpc) is 2.33. The van der Waals surface area contributed by atoms with Gasteiger partial charge < -0.3 is 10.2 Å². The van der Waals surface area contributed by atoms with Crippen molar-refractivity contribution in [2.45, 2.75) is 13.8 Å². The molecule has 0 fully saturated rings. The van der Waals surface area contributed by atoms with Crippen LogP contribution in [0.15, 0.2) is 12.1 Å². The molecular formula is C12H17F2N3O2. The molecule has 0 amide bonds. The average molecular weight is 273 g/mol. The molecule has 0 aliphatic carbocycles. The number of nitro groups is 1. The lowest BCUT2D eigenvalue weighted by Crippen LogP contribution is -2.28. The maximum Gasteiger partial charge on any atom is 0.327 e. The number of likely N-dealkylation sites (N-methyl/N-ethyl adjacent to an activating group) is 1. The van der Waals surface area contributed by atoms with E-state index in [9.17, 15) is 18.9 Å². The van der Waals surface area contributed by atoms with Gasteiger partial charge in [0, 0.05) is 25.2 Å². The fourth-order valence-corrected chi connectivity index (χ4v) is 1.77. The van der Waals surface area contributed by atoms with Crippen molar-refractivity contribution >= 4 is 11.4 Å². The Hall–Kier alpha value is -1.76. The molecule has 1 aromatic carbocycles. The number of hydrogen-bond donors (Lipinski definition) is 1. The number of benzene rings is 1. The molecule has 0 saturated heterocycles. The minimum atomic E-state index is -1.17. The van der Waals surface area contributed by atoms with Crippen molar-refractivity contribution in [1.82, 2.24) is 4.90 Å². The molecular weight excluding hydrogens is 256 g/mol. The molecule has 0 unspecified atom stereocenters. The number of nitro benzene ring substituents is 1. The van der Waals surface area contributed by atoms with Gasteiger partial charge in [-0.05, 0) is 13.1 Å². The summed E-state index contributed by atoms with van der Waals surface area (Å²) in [6.07, 6.45) is 0. The maximum atomic E-state index is 13.3. The molecule has 1 rings (SSSR count). The highest BCUT2D eigenvalue weighted by Crippen LogP contribution is 2.28. The zero-order valence-corrected chi connectivity index (χ0v) is 10.9. The molecule has 0 bridgehead atoms. The van der Waals surface area contributed by atoms with Crippen LogP contribution in [0.2, 0.25) is 0 Å². The van der Waals surface area contributed by atoms with E-state index >= 15 is 0 Å². The zero-order valence-electron chi connectivity index (χ0n) is 10.9. The third-order valence-electron chi connectivity index (χ3n) is 2.85. The molecule has 0 saturated carbocycles. The minimum Gasteiger partial charge on any atom is -0.378 e. The second-order valence-corrected chi connectivity index (χ2v) is 3.99. The third kappa shape index (κ3) is 4.13. The van der Waals surface area contributed by atoms with E-state index in [0.29, 0.717) is 19.2 Å². The smallest absolute Gasteiger partial charge is 0.327 e. The van der Waals surface area contributed by atoms with Gasteiger partial charge in [-0.2, -0.15) is 4.39 Å². The minimum absolute atomic E-state index is 0.130. The number of anilines is 1. The Kier molecular flexibility index (Phi) is 5.62. The monoisotopic (exact) mass is 273 g/mol. The summed E-state index contributed by atoms with van der Waals surface area (Å²) >= 11 is 0. The number of nitrogens with zero attached hydrogens (tertiary/aromatic N) is 2. The highest BCUT2D eigenvalue weighted by atomic mass is 19.1. The summed E-state index contributed by atoms with van der Waals surface area (Å²) in [5.74, 6) is -2.01. The predicted molar refractivity (Wildman–Crippen MR) is 69.3 cm³/mol. The Morgan fingerprint density at radius 1 is 1.32 bits per heavy atom. The van der Waals surface area contributed by atoms with E-state index in [1.165, 1.54) is 0 Å². The van der Waals surface area contributed by atoms with Crippen LogP contribution in [-0.4, -0.2) is 36.0 Å². The number of rotatable bonds is 7. The summed E-state index contributed by atoms with van der Waals surface area (Å²) in [4.78, 5) is 12.0. The van der Waals surface area contributed by atoms with Crippen LogP contribution in [0.3, 0.4) is 0 Å². The first kappa shape index (κ1) is 15.3. The molecule has 0 aliphatic heterocycles. The fourth-order valence-electron chi connectivity index (χ4n) is 1.77. The lowest BCUT2D eigenvalue weighted by atomic mass is 10.2. The van der Waals surface area contributed by atoms with Gasteiger partial charge >= 0.3 is 5.69 Å². The highest BCUT2D eigenvalue weighted by molar-refractivity contribution is 5.62. The van der Waals surface area contributed by atoms with Crippen molar-refractivity contribution in [3.8, 4) is 0 Å². The molecule has 0 spiro atoms. The standard InChI is InChI=1S/C12H17F2N3O2/c1-3-16(4-2)6-5-15-11-8-9(13)7-10(14)12(11)17(18)19/h7-8,15H,3-6H2,1-2H3. The second-order valence-electron chi connectivity index (χ2n) is 3.99. The van der Waals surface area contributed by atoms with Crippen molar-refractivity contribution < 1.29 is 13.7 Å². The zero-order chi connectivity index (χ0) is 14.4. The molecule has 0 radical (unpaired) electrons. The van der Waals surface area contributed by atoms with E-state index in [1.807, 2.05) is 13.8 Å². The van der Waals surface area contributed by atoms with Gasteiger partial charge in [0.05, 0.1) is 4.92 Å². The van der Waals surface area contributed by atoms with Gasteiger partial charge in [0.25, 0.3) is 0 Å². The van der Waals surface area contributed by atoms with Gasteiger partial charge in [-0.1, -0.05) is 13.8 Å². The van der Waals surface area contributed by atoms with Gasteiger partial charge in [-0.3, -0.25) is 10.1 Å². The van der Waals surface area contributed by atoms with Gasteiger partial charge in [-0.25, -0.2) is 4.39 Å². The first-order valence-corrected chi connectivity index (χ1v) is 6.09. The van der Waals surface area contributed by atoms with Gasteiger partial charge in [0.1, 0.15) is 11.5 Å². The van der Waals surface area contributed by atoms with Crippen molar-refractivity contribution in [3.63, 3.8) is 0 Å². The quantitative estimate of drug-likeness (QED) is 0.613. The molecule has 0 atom stereocenters. The highest BCUT2D eigenvalue weighted by Gasteiger charge is 2.21. The molecule has 19 heavy (non-hydrogen) atoms. The Morgan fingerprint density at radius 3 is 2.47 bits per heavy atom. The molecule has 0 aliphatic rings. The van der Waals surface area contributed by atoms with E-state index in [1.54, 1.807) is 0 Å². The van der Waals surface area contributed by atoms with Crippen molar-refractivity contribution in [2.24, 2.45) is 0 Å². The van der Waals surface area contributed by atoms with Crippen molar-refractivity contribution in [1.29, 1.82) is 0 Å². The normalized spacial score (nSPS) is 10.8. The fraction of sp³-hybridized carbons (Fsp3) is 0.500. The summed E-state index contributed by atoms with van der Waals surface area (Å²) in [7, 11) is 0. The SMILES string of the molecule is CCN(CC)CCNc1cc(F)cc(F)c1[N+](=O)[O-]. The van der Waals surface area contributed by atoms with Gasteiger partial charge in [0.15, 0.2) is 0 Å². The van der Waals surface area contributed by atoms with Crippen LogP contribution in [-0.2, 0) is 0 Å². The van der Waals surface area contributed by atoms with Crippen LogP contribution in [0.5, 0.6) is 0 Å². The summed E-state index contributed by atoms with van der Waals surface area (Å²) in [6.45, 7) is 6.70. The van der Waals surface area contributed by atoms with Crippen LogP contribution in [0, 0.1) is 21.7 Å². The summed E-state index contributed by atoms with van der Waals surface area (Å²) < 4.78 is 26.4. The van der Waals surface area contributed by atoms with Gasteiger partial charge in [-0.15, -0.1) is 0 Å². The van der Waals surface area contributed by atoms with E-state index in [4.69, 9.17) is 0 Å². The van der Waals surface area contributed by atoms with Crippen LogP contribution < -0.4 is 5.32 Å². The molecule has 7 heteroatoms. The number of halogens is 2. The van der Waals surface area contributed by atoms with Crippen LogP contribution in [0.25, 0.3) is 0 Å². The Morgan fingerprint density at radius 2 is 1.95 bits per heavy atom.